The van der Waals surface area contributed by atoms with Crippen molar-refractivity contribution in [1.82, 2.24) is 31.9 Å². The van der Waals surface area contributed by atoms with Gasteiger partial charge in [-0.25, -0.2) is 0 Å². The van der Waals surface area contributed by atoms with E-state index in [1.807, 2.05) is 0 Å². The molecule has 0 aromatic heterocycles. The molecule has 0 aliphatic carbocycles. The molecule has 366 valence electrons. The lowest BCUT2D eigenvalue weighted by atomic mass is 10.1. The van der Waals surface area contributed by atoms with Gasteiger partial charge in [-0.05, 0) is 19.3 Å². The molecular formula is C30H57N9O21S3. The predicted octanol–water partition coefficient (Wildman–Crippen LogP) is -7.24. The second kappa shape index (κ2) is 39.7. The Morgan fingerprint density at radius 3 is 1.19 bits per heavy atom. The third-order valence-electron chi connectivity index (χ3n) is 6.93. The highest BCUT2D eigenvalue weighted by molar-refractivity contribution is 8.76. The molecule has 1 unspecified atom stereocenters. The van der Waals surface area contributed by atoms with E-state index in [4.69, 9.17) is 58.4 Å². The number of hydrogen-bond donors (Lipinski definition) is 18. The number of carboxylic acid groups (broad SMARTS) is 6. The van der Waals surface area contributed by atoms with Crippen LogP contribution in [0.15, 0.2) is 0 Å². The summed E-state index contributed by atoms with van der Waals surface area (Å²) in [5.74, 6) is -10.5. The van der Waals surface area contributed by atoms with E-state index in [1.54, 1.807) is 0 Å². The molecule has 0 radical (unpaired) electrons. The normalized spacial score (nSPS) is 12.8. The predicted molar refractivity (Wildman–Crippen MR) is 223 cm³/mol. The summed E-state index contributed by atoms with van der Waals surface area (Å²) in [6.45, 7) is -1.58. The molecule has 0 aliphatic rings. The fraction of sp³-hybridized carbons (Fsp3) is 0.633. The van der Waals surface area contributed by atoms with Crippen LogP contribution in [0, 0.1) is 0 Å². The second-order valence-electron chi connectivity index (χ2n) is 12.0. The van der Waals surface area contributed by atoms with Crippen LogP contribution in [0.5, 0.6) is 0 Å². The van der Waals surface area contributed by atoms with Gasteiger partial charge in [-0.1, -0.05) is 21.6 Å². The van der Waals surface area contributed by atoms with Crippen LogP contribution < -0.4 is 49.1 Å². The van der Waals surface area contributed by atoms with Crippen LogP contribution in [-0.2, 0) is 52.7 Å². The molecule has 5 amide bonds. The van der Waals surface area contributed by atoms with Gasteiger partial charge in [-0.2, -0.15) is 12.6 Å². The van der Waals surface area contributed by atoms with Gasteiger partial charge in [-0.15, -0.1) is 0 Å². The number of nitrogens with one attached hydrogen (secondary N) is 6. The minimum absolute atomic E-state index is 0. The van der Waals surface area contributed by atoms with Crippen molar-refractivity contribution in [2.45, 2.75) is 74.8 Å². The van der Waals surface area contributed by atoms with E-state index in [9.17, 15) is 52.7 Å². The Balaban J connectivity index is -0.000000395. The molecule has 0 aromatic carbocycles. The molecule has 0 aromatic rings. The fourth-order valence-electron chi connectivity index (χ4n) is 3.76. The number of amides is 5. The van der Waals surface area contributed by atoms with Crippen molar-refractivity contribution >= 4 is 99.6 Å². The van der Waals surface area contributed by atoms with Crippen molar-refractivity contribution in [3.8, 4) is 0 Å². The summed E-state index contributed by atoms with van der Waals surface area (Å²) in [6.07, 6.45) is -0.995. The molecule has 0 fully saturated rings. The first-order valence-electron chi connectivity index (χ1n) is 17.3. The molecule has 0 bridgehead atoms. The summed E-state index contributed by atoms with van der Waals surface area (Å²) in [6, 6.07) is -6.42. The van der Waals surface area contributed by atoms with Crippen molar-refractivity contribution in [1.29, 1.82) is 0 Å². The van der Waals surface area contributed by atoms with Crippen molar-refractivity contribution in [2.75, 3.05) is 43.4 Å². The van der Waals surface area contributed by atoms with Crippen LogP contribution in [0.2, 0.25) is 0 Å². The molecular weight excluding hydrogens is 919 g/mol. The summed E-state index contributed by atoms with van der Waals surface area (Å²) in [5.41, 5.74) is 16.0. The van der Waals surface area contributed by atoms with Gasteiger partial charge in [0.2, 0.25) is 29.5 Å². The van der Waals surface area contributed by atoms with Gasteiger partial charge >= 0.3 is 35.8 Å². The third-order valence-corrected chi connectivity index (χ3v) is 9.79. The van der Waals surface area contributed by atoms with Crippen molar-refractivity contribution < 1.29 is 105 Å². The molecule has 0 saturated heterocycles. The lowest BCUT2D eigenvalue weighted by molar-refractivity contribution is -0.176. The highest BCUT2D eigenvalue weighted by atomic mass is 33.1. The van der Waals surface area contributed by atoms with Crippen molar-refractivity contribution in [3.05, 3.63) is 0 Å². The number of carbonyl (C=O) groups is 11. The standard InChI is InChI=1S/C20H34N6O11S2.C10H17N3O6S.H2O2.2H2O/c21-11(19(34)35)1-3-14(27)25-10(5-23-6-16(29)30)8-38-39-9-13(18(33)24-7-17(31)32)26-15(28)4-2-12(22)20(36)37;11-5(10(18)19)1-2-7(14)13-6(4-20)9(17)12-3-8(15)16;1-2;;/h10-13,23H,1-9,21-22H2,(H,24,33)(H,25,27)(H,26,28)(H,29,30)(H,31,32)(H,34,35)(H,36,37);5-6,20H,1-4,11H2,(H,12,17)(H,13,14)(H,15,16)(H,18,19);1-2H;2*1H2/t10?,11-,12+,13+;5-,6-;;;/m10.../s1. The van der Waals surface area contributed by atoms with E-state index in [1.165, 1.54) is 0 Å². The SMILES string of the molecule is N[C@@H](CCC(=O)N[C@@H](CS)C(=O)NCC(=O)O)C(=O)O.N[C@H](CCC(=O)NC(CNCC(=O)O)CSSC[C@H](NC(=O)CC[C@H](N)C(=O)O)C(=O)NCC(=O)O)C(=O)O.O.O.OO. The number of thiol groups is 1. The van der Waals surface area contributed by atoms with Gasteiger partial charge in [-0.3, -0.25) is 63.3 Å². The monoisotopic (exact) mass is 975 g/mol. The van der Waals surface area contributed by atoms with E-state index < -0.39 is 115 Å². The van der Waals surface area contributed by atoms with Crippen molar-refractivity contribution in [3.63, 3.8) is 0 Å². The van der Waals surface area contributed by atoms with Crippen LogP contribution in [-0.4, -0.2) is 197 Å². The minimum atomic E-state index is -1.31. The zero-order valence-corrected chi connectivity index (χ0v) is 35.7. The Morgan fingerprint density at radius 2 is 0.841 bits per heavy atom. The Morgan fingerprint density at radius 1 is 0.508 bits per heavy atom. The van der Waals surface area contributed by atoms with Gasteiger partial charge in [0.05, 0.1) is 12.6 Å². The van der Waals surface area contributed by atoms with Crippen LogP contribution in [0.1, 0.15) is 38.5 Å². The quantitative estimate of drug-likeness (QED) is 0.0101. The van der Waals surface area contributed by atoms with Crippen LogP contribution in [0.25, 0.3) is 0 Å². The summed E-state index contributed by atoms with van der Waals surface area (Å²) < 4.78 is 0. The largest absolute Gasteiger partial charge is 0.480 e. The Labute approximate surface area is 370 Å². The highest BCUT2D eigenvalue weighted by Crippen LogP contribution is 2.23. The second-order valence-corrected chi connectivity index (χ2v) is 14.9. The van der Waals surface area contributed by atoms with E-state index in [2.05, 4.69) is 44.5 Å². The number of carboxylic acids is 6. The van der Waals surface area contributed by atoms with E-state index in [0.717, 1.165) is 21.6 Å². The maximum atomic E-state index is 12.4. The van der Waals surface area contributed by atoms with Crippen LogP contribution in [0.4, 0.5) is 0 Å². The lowest BCUT2D eigenvalue weighted by Crippen LogP contribution is -2.49. The van der Waals surface area contributed by atoms with E-state index in [0.29, 0.717) is 0 Å². The zero-order chi connectivity index (χ0) is 47.7. The van der Waals surface area contributed by atoms with Crippen LogP contribution in [0.3, 0.4) is 0 Å². The molecule has 0 aliphatic heterocycles. The summed E-state index contributed by atoms with van der Waals surface area (Å²) >= 11 is 3.87. The Bertz CT molecular complexity index is 1470. The smallest absolute Gasteiger partial charge is 0.322 e. The summed E-state index contributed by atoms with van der Waals surface area (Å²) in [7, 11) is 2.26. The number of hydrogen-bond acceptors (Lipinski definition) is 20. The molecule has 6 atom stereocenters. The van der Waals surface area contributed by atoms with E-state index >= 15 is 0 Å². The third kappa shape index (κ3) is 38.3. The van der Waals surface area contributed by atoms with Gasteiger partial charge in [0, 0.05) is 43.1 Å². The number of rotatable bonds is 31. The Kier molecular flexibility index (Phi) is 42.2. The Hall–Kier alpha value is -5.10. The number of carbonyl (C=O) groups excluding carboxylic acids is 5. The van der Waals surface area contributed by atoms with Gasteiger partial charge < -0.3 is 90.7 Å². The first-order valence-corrected chi connectivity index (χ1v) is 20.4. The van der Waals surface area contributed by atoms with Crippen LogP contribution >= 0.6 is 34.2 Å². The average Bonchev–Trinajstić information content (AvgIpc) is 3.19. The van der Waals surface area contributed by atoms with Gasteiger partial charge in [0.25, 0.3) is 0 Å². The molecule has 63 heavy (non-hydrogen) atoms. The maximum absolute atomic E-state index is 12.4. The van der Waals surface area contributed by atoms with Crippen molar-refractivity contribution in [2.24, 2.45) is 17.2 Å². The molecule has 24 N–H and O–H groups in total. The molecule has 0 spiro atoms. The number of aliphatic carboxylic acids is 6. The molecule has 0 saturated carbocycles. The molecule has 33 heteroatoms. The first-order chi connectivity index (χ1) is 28.5. The minimum Gasteiger partial charge on any atom is -0.480 e. The van der Waals surface area contributed by atoms with E-state index in [-0.39, 0.29) is 79.8 Å². The topological polar surface area (TPSA) is 563 Å². The summed E-state index contributed by atoms with van der Waals surface area (Å²) in [4.78, 5) is 124. The average molecular weight is 976 g/mol. The fourth-order valence-corrected chi connectivity index (χ4v) is 6.43. The van der Waals surface area contributed by atoms with Gasteiger partial charge in [0.1, 0.15) is 43.3 Å². The van der Waals surface area contributed by atoms with Gasteiger partial charge in [0.15, 0.2) is 0 Å². The molecule has 30 nitrogen and oxygen atoms in total. The lowest BCUT2D eigenvalue weighted by Gasteiger charge is -2.20. The molecule has 0 heterocycles. The summed E-state index contributed by atoms with van der Waals surface area (Å²) in [5, 5.41) is 78.4. The first kappa shape index (κ1) is 67.0. The zero-order valence-electron chi connectivity index (χ0n) is 33.2. The maximum Gasteiger partial charge on any atom is 0.322 e. The number of nitrogens with two attached hydrogens (primary N) is 3. The molecule has 0 rings (SSSR count). The highest BCUT2D eigenvalue weighted by Gasteiger charge is 2.24.